The van der Waals surface area contributed by atoms with Crippen LogP contribution in [0.5, 0.6) is 0 Å². The van der Waals surface area contributed by atoms with Crippen LogP contribution < -0.4 is 4.72 Å². The van der Waals surface area contributed by atoms with Gasteiger partial charge in [-0.2, -0.15) is 5.26 Å². The smallest absolute Gasteiger partial charge is 0.337 e. The number of Topliss-reactive ketones (excluding diaryl/α,β-unsaturated/α-hetero) is 1. The highest BCUT2D eigenvalue weighted by Gasteiger charge is 2.29. The van der Waals surface area contributed by atoms with Gasteiger partial charge in [-0.05, 0) is 59.8 Å². The van der Waals surface area contributed by atoms with E-state index in [2.05, 4.69) is 0 Å². The molecule has 0 saturated heterocycles. The molecule has 0 aromatic heterocycles. The number of sulfonamides is 1. The number of carbonyl (C=O) groups is 2. The zero-order chi connectivity index (χ0) is 27.6. The van der Waals surface area contributed by atoms with Crippen molar-refractivity contribution >= 4 is 31.6 Å². The topological polar surface area (TPSA) is 158 Å². The summed E-state index contributed by atoms with van der Waals surface area (Å²) in [7, 11) is -7.44. The molecule has 0 heterocycles. The molecule has 0 unspecified atom stereocenters. The Morgan fingerprint density at radius 2 is 1.69 bits per heavy atom. The molecule has 36 heavy (non-hydrogen) atoms. The lowest BCUT2D eigenvalue weighted by Gasteiger charge is -2.21. The van der Waals surface area contributed by atoms with Crippen LogP contribution >= 0.6 is 0 Å². The molecule has 0 saturated carbocycles. The van der Waals surface area contributed by atoms with Crippen molar-refractivity contribution in [1.29, 1.82) is 5.26 Å². The first-order valence-corrected chi connectivity index (χ1v) is 14.0. The number of aromatic carboxylic acids is 1. The fraction of sp³-hybridized carbons (Fsp3) is 0.375. The Kier molecular flexibility index (Phi) is 8.78. The quantitative estimate of drug-likeness (QED) is 0.467. The molecular weight excluding hydrogens is 511 g/mol. The van der Waals surface area contributed by atoms with Crippen LogP contribution in [0.1, 0.15) is 72.1 Å². The fourth-order valence-electron chi connectivity index (χ4n) is 3.91. The van der Waals surface area contributed by atoms with Gasteiger partial charge in [0.25, 0.3) is 0 Å². The fourth-order valence-corrected chi connectivity index (χ4v) is 6.10. The monoisotopic (exact) mass is 538 g/mol. The van der Waals surface area contributed by atoms with Crippen molar-refractivity contribution in [3.05, 3.63) is 57.9 Å². The lowest BCUT2D eigenvalue weighted by molar-refractivity contribution is -0.116. The Bertz CT molecular complexity index is 1470. The molecule has 0 spiro atoms. The molecule has 0 bridgehead atoms. The second kappa shape index (κ2) is 10.9. The number of halogens is 1. The van der Waals surface area contributed by atoms with E-state index in [-0.39, 0.29) is 17.0 Å². The molecule has 0 fully saturated rings. The number of carboxylic acid groups (broad SMARTS) is 1. The van der Waals surface area contributed by atoms with Crippen molar-refractivity contribution in [2.45, 2.75) is 55.7 Å². The van der Waals surface area contributed by atoms with Crippen molar-refractivity contribution in [2.24, 2.45) is 0 Å². The van der Waals surface area contributed by atoms with Crippen LogP contribution in [0, 0.1) is 17.1 Å². The zero-order valence-electron chi connectivity index (χ0n) is 20.4. The summed E-state index contributed by atoms with van der Waals surface area (Å²) in [5.74, 6) is -4.96. The molecule has 0 aliphatic heterocycles. The molecule has 0 atom stereocenters. The summed E-state index contributed by atoms with van der Waals surface area (Å²) >= 11 is 0. The lowest BCUT2D eigenvalue weighted by atomic mass is 9.84. The maximum absolute atomic E-state index is 15.0. The first kappa shape index (κ1) is 29.1. The minimum Gasteiger partial charge on any atom is -0.478 e. The van der Waals surface area contributed by atoms with E-state index in [1.165, 1.54) is 6.07 Å². The standard InChI is InChI=1S/C24H27FN2O7S2/c1-13(2)18-8-15(11-26)23(25)22(14(3)4)19(18)9-16(28)12-35(31,32)21-7-6-17(36(33,34)27-5)10-20(21)24(29)30/h6-8,10,13-14,27H,9,12H2,1-5H3,(H,29,30). The maximum atomic E-state index is 15.0. The molecule has 9 nitrogen and oxygen atoms in total. The van der Waals surface area contributed by atoms with Crippen molar-refractivity contribution in [3.8, 4) is 6.07 Å². The van der Waals surface area contributed by atoms with Crippen molar-refractivity contribution < 1.29 is 35.9 Å². The third kappa shape index (κ3) is 5.98. The Balaban J connectivity index is 2.55. The molecule has 2 aromatic rings. The number of benzene rings is 2. The van der Waals surface area contributed by atoms with Crippen LogP contribution in [0.4, 0.5) is 4.39 Å². The number of nitriles is 1. The number of carbonyl (C=O) groups excluding carboxylic acids is 1. The Morgan fingerprint density at radius 1 is 1.08 bits per heavy atom. The molecule has 194 valence electrons. The molecule has 0 radical (unpaired) electrons. The van der Waals surface area contributed by atoms with E-state index in [4.69, 9.17) is 0 Å². The zero-order valence-corrected chi connectivity index (χ0v) is 22.0. The minimum absolute atomic E-state index is 0.149. The van der Waals surface area contributed by atoms with Crippen LogP contribution in [0.3, 0.4) is 0 Å². The van der Waals surface area contributed by atoms with Gasteiger partial charge in [0.2, 0.25) is 10.0 Å². The third-order valence-corrected chi connectivity index (χ3v) is 8.73. The van der Waals surface area contributed by atoms with Crippen LogP contribution in [0.2, 0.25) is 0 Å². The highest BCUT2D eigenvalue weighted by Crippen LogP contribution is 2.33. The summed E-state index contributed by atoms with van der Waals surface area (Å²) in [5.41, 5.74) is 0.0143. The molecule has 0 aliphatic rings. The van der Waals surface area contributed by atoms with Gasteiger partial charge >= 0.3 is 5.97 Å². The van der Waals surface area contributed by atoms with Gasteiger partial charge in [0, 0.05) is 6.42 Å². The number of ketones is 1. The summed E-state index contributed by atoms with van der Waals surface area (Å²) in [4.78, 5) is 23.5. The van der Waals surface area contributed by atoms with E-state index < -0.39 is 70.9 Å². The normalized spacial score (nSPS) is 12.1. The van der Waals surface area contributed by atoms with Crippen molar-refractivity contribution in [1.82, 2.24) is 4.72 Å². The van der Waals surface area contributed by atoms with Gasteiger partial charge in [0.15, 0.2) is 15.6 Å². The van der Waals surface area contributed by atoms with E-state index in [1.807, 2.05) is 4.72 Å². The van der Waals surface area contributed by atoms with Gasteiger partial charge in [-0.3, -0.25) is 4.79 Å². The molecule has 2 N–H and O–H groups in total. The van der Waals surface area contributed by atoms with Gasteiger partial charge < -0.3 is 5.11 Å². The second-order valence-corrected chi connectivity index (χ2v) is 12.6. The van der Waals surface area contributed by atoms with Gasteiger partial charge in [-0.1, -0.05) is 27.7 Å². The van der Waals surface area contributed by atoms with Gasteiger partial charge in [0.05, 0.1) is 20.9 Å². The Labute approximate surface area is 209 Å². The first-order valence-electron chi connectivity index (χ1n) is 10.9. The number of carboxylic acids is 1. The van der Waals surface area contributed by atoms with Crippen LogP contribution in [-0.2, 0) is 31.1 Å². The third-order valence-electron chi connectivity index (χ3n) is 5.59. The number of nitrogens with one attached hydrogen (secondary N) is 1. The van der Waals surface area contributed by atoms with Gasteiger partial charge in [-0.15, -0.1) is 0 Å². The average molecular weight is 539 g/mol. The molecule has 0 amide bonds. The summed E-state index contributed by atoms with van der Waals surface area (Å²) in [6.45, 7) is 6.97. The number of nitrogens with zero attached hydrogens (tertiary/aromatic N) is 1. The highest BCUT2D eigenvalue weighted by atomic mass is 32.2. The average Bonchev–Trinajstić information content (AvgIpc) is 2.77. The van der Waals surface area contributed by atoms with Crippen LogP contribution in [0.15, 0.2) is 34.1 Å². The van der Waals surface area contributed by atoms with E-state index in [9.17, 15) is 36.8 Å². The van der Waals surface area contributed by atoms with E-state index in [0.717, 1.165) is 19.2 Å². The van der Waals surface area contributed by atoms with E-state index in [1.54, 1.807) is 33.8 Å². The molecule has 2 aromatic carbocycles. The second-order valence-electron chi connectivity index (χ2n) is 8.79. The van der Waals surface area contributed by atoms with Crippen LogP contribution in [-0.4, -0.2) is 46.5 Å². The number of hydrogen-bond acceptors (Lipinski definition) is 7. The van der Waals surface area contributed by atoms with Crippen molar-refractivity contribution in [3.63, 3.8) is 0 Å². The van der Waals surface area contributed by atoms with Crippen LogP contribution in [0.25, 0.3) is 0 Å². The molecular formula is C24H27FN2O7S2. The Morgan fingerprint density at radius 3 is 2.17 bits per heavy atom. The van der Waals surface area contributed by atoms with E-state index >= 15 is 4.39 Å². The highest BCUT2D eigenvalue weighted by molar-refractivity contribution is 7.92. The Hall–Kier alpha value is -3.14. The molecule has 0 aliphatic carbocycles. The number of rotatable bonds is 10. The number of sulfone groups is 1. The summed E-state index contributed by atoms with van der Waals surface area (Å²) in [5, 5.41) is 18.8. The first-order chi connectivity index (χ1) is 16.6. The van der Waals surface area contributed by atoms with Gasteiger partial charge in [0.1, 0.15) is 17.6 Å². The summed E-state index contributed by atoms with van der Waals surface area (Å²) in [6, 6.07) is 5.62. The molecule has 2 rings (SSSR count). The lowest BCUT2D eigenvalue weighted by Crippen LogP contribution is -2.23. The SMILES string of the molecule is CNS(=O)(=O)c1ccc(S(=O)(=O)CC(=O)Cc2c(C(C)C)cc(C#N)c(F)c2C(C)C)c(C(=O)O)c1. The maximum Gasteiger partial charge on any atom is 0.337 e. The van der Waals surface area contributed by atoms with Crippen molar-refractivity contribution in [2.75, 3.05) is 12.8 Å². The predicted molar refractivity (Wildman–Crippen MR) is 130 cm³/mol. The predicted octanol–water partition coefficient (Wildman–Crippen LogP) is 3.14. The van der Waals surface area contributed by atoms with E-state index in [0.29, 0.717) is 17.2 Å². The summed E-state index contributed by atoms with van der Waals surface area (Å²) < 4.78 is 67.1. The van der Waals surface area contributed by atoms with Gasteiger partial charge in [-0.25, -0.2) is 30.7 Å². The minimum atomic E-state index is -4.51. The molecule has 12 heteroatoms. The summed E-state index contributed by atoms with van der Waals surface area (Å²) in [6.07, 6.45) is -0.447. The largest absolute Gasteiger partial charge is 0.478 e. The number of hydrogen-bond donors (Lipinski definition) is 2.